The minimum Gasteiger partial charge on any atom is -0.388 e. The van der Waals surface area contributed by atoms with Gasteiger partial charge in [0.15, 0.2) is 0 Å². The van der Waals surface area contributed by atoms with Crippen LogP contribution in [0.15, 0.2) is 35.5 Å². The summed E-state index contributed by atoms with van der Waals surface area (Å²) in [7, 11) is 1.65. The Labute approximate surface area is 147 Å². The molecule has 0 aromatic carbocycles. The molecule has 1 N–H and O–H groups in total. The molecule has 24 heavy (non-hydrogen) atoms. The van der Waals surface area contributed by atoms with Crippen molar-refractivity contribution in [3.05, 3.63) is 35.5 Å². The first-order valence-electron chi connectivity index (χ1n) is 9.05. The van der Waals surface area contributed by atoms with Crippen LogP contribution < -0.4 is 0 Å². The van der Waals surface area contributed by atoms with Gasteiger partial charge in [-0.2, -0.15) is 0 Å². The van der Waals surface area contributed by atoms with Crippen LogP contribution in [0.5, 0.6) is 0 Å². The highest BCUT2D eigenvalue weighted by Crippen LogP contribution is 2.25. The Kier molecular flexibility index (Phi) is 9.24. The first kappa shape index (κ1) is 20.9. The molecule has 1 aliphatic carbocycles. The summed E-state index contributed by atoms with van der Waals surface area (Å²) in [6.07, 6.45) is 8.42. The van der Waals surface area contributed by atoms with Crippen molar-refractivity contribution in [2.24, 2.45) is 11.8 Å². The zero-order chi connectivity index (χ0) is 18.1. The first-order chi connectivity index (χ1) is 11.3. The minimum atomic E-state index is -0.573. The molecule has 136 valence electrons. The average Bonchev–Trinajstić information content (AvgIpc) is 2.51. The molecule has 0 amide bonds. The summed E-state index contributed by atoms with van der Waals surface area (Å²) in [6.45, 7) is 10.6. The predicted octanol–water partition coefficient (Wildman–Crippen LogP) is 4.62. The van der Waals surface area contributed by atoms with E-state index >= 15 is 0 Å². The Morgan fingerprint density at radius 1 is 1.33 bits per heavy atom. The maximum atomic E-state index is 12.3. The van der Waals surface area contributed by atoms with Gasteiger partial charge in [-0.25, -0.2) is 0 Å². The van der Waals surface area contributed by atoms with Gasteiger partial charge in [0.1, 0.15) is 5.78 Å². The number of allylic oxidation sites excluding steroid dienone is 2. The number of ketones is 1. The summed E-state index contributed by atoms with van der Waals surface area (Å²) in [5, 5.41) is 10.7. The molecule has 0 aromatic heterocycles. The number of aliphatic hydroxyl groups excluding tert-OH is 1. The summed E-state index contributed by atoms with van der Waals surface area (Å²) >= 11 is 0. The molecule has 3 nitrogen and oxygen atoms in total. The zero-order valence-electron chi connectivity index (χ0n) is 15.8. The van der Waals surface area contributed by atoms with Crippen LogP contribution >= 0.6 is 0 Å². The van der Waals surface area contributed by atoms with Crippen molar-refractivity contribution in [3.63, 3.8) is 0 Å². The third-order valence-electron chi connectivity index (χ3n) is 4.97. The Hall–Kier alpha value is -1.19. The number of ether oxygens (including phenoxy) is 1. The van der Waals surface area contributed by atoms with Crippen LogP contribution in [0.2, 0.25) is 0 Å². The van der Waals surface area contributed by atoms with E-state index in [1.165, 1.54) is 5.57 Å². The molecule has 0 radical (unpaired) electrons. The molecule has 0 saturated carbocycles. The summed E-state index contributed by atoms with van der Waals surface area (Å²) in [6, 6.07) is 0. The van der Waals surface area contributed by atoms with E-state index in [4.69, 9.17) is 4.74 Å². The fourth-order valence-electron chi connectivity index (χ4n) is 3.21. The van der Waals surface area contributed by atoms with Gasteiger partial charge < -0.3 is 9.84 Å². The van der Waals surface area contributed by atoms with Crippen molar-refractivity contribution in [3.8, 4) is 0 Å². The molecule has 3 heteroatoms. The molecule has 0 fully saturated rings. The summed E-state index contributed by atoms with van der Waals surface area (Å²) in [5.74, 6) is 0.428. The van der Waals surface area contributed by atoms with Gasteiger partial charge in [0, 0.05) is 25.4 Å². The second kappa shape index (κ2) is 10.6. The predicted molar refractivity (Wildman–Crippen MR) is 99.9 cm³/mol. The van der Waals surface area contributed by atoms with E-state index in [0.29, 0.717) is 25.2 Å². The first-order valence-corrected chi connectivity index (χ1v) is 9.05. The third kappa shape index (κ3) is 7.14. The van der Waals surface area contributed by atoms with Crippen LogP contribution in [-0.2, 0) is 9.53 Å². The maximum Gasteiger partial charge on any atom is 0.136 e. The lowest BCUT2D eigenvalue weighted by molar-refractivity contribution is -0.122. The summed E-state index contributed by atoms with van der Waals surface area (Å²) in [4.78, 5) is 12.3. The van der Waals surface area contributed by atoms with E-state index in [2.05, 4.69) is 19.6 Å². The molecule has 3 atom stereocenters. The number of carbonyl (C=O) groups excluding carboxylic acids is 1. The number of aliphatic hydroxyl groups is 1. The Morgan fingerprint density at radius 2 is 2.04 bits per heavy atom. The Morgan fingerprint density at radius 3 is 2.67 bits per heavy atom. The minimum absolute atomic E-state index is 0.0396. The smallest absolute Gasteiger partial charge is 0.136 e. The summed E-state index contributed by atoms with van der Waals surface area (Å²) in [5.41, 5.74) is 3.33. The van der Waals surface area contributed by atoms with Gasteiger partial charge in [-0.1, -0.05) is 36.8 Å². The molecule has 1 aliphatic rings. The Balaban J connectivity index is 3.01. The van der Waals surface area contributed by atoms with Gasteiger partial charge in [-0.3, -0.25) is 4.79 Å². The molecule has 0 aliphatic heterocycles. The lowest BCUT2D eigenvalue weighted by atomic mass is 9.86. The summed E-state index contributed by atoms with van der Waals surface area (Å²) < 4.78 is 5.25. The van der Waals surface area contributed by atoms with E-state index in [-0.39, 0.29) is 11.8 Å². The van der Waals surface area contributed by atoms with E-state index in [9.17, 15) is 9.90 Å². The number of rotatable bonds is 3. The SMILES string of the molecule is C=C(C)[C@H]1CC/C(C)=C/CCC(C)C(=O)CCC(COC)=C[C@@H]1O. The van der Waals surface area contributed by atoms with Crippen molar-refractivity contribution < 1.29 is 14.6 Å². The molecule has 0 heterocycles. The monoisotopic (exact) mass is 334 g/mol. The van der Waals surface area contributed by atoms with Gasteiger partial charge in [0.2, 0.25) is 0 Å². The highest BCUT2D eigenvalue weighted by Gasteiger charge is 2.20. The van der Waals surface area contributed by atoms with E-state index in [0.717, 1.165) is 36.8 Å². The average molecular weight is 334 g/mol. The molecule has 1 rings (SSSR count). The van der Waals surface area contributed by atoms with Crippen LogP contribution in [-0.4, -0.2) is 30.7 Å². The van der Waals surface area contributed by atoms with Crippen LogP contribution in [0.4, 0.5) is 0 Å². The molecule has 1 unspecified atom stereocenters. The second-order valence-electron chi connectivity index (χ2n) is 7.24. The topological polar surface area (TPSA) is 46.5 Å². The van der Waals surface area contributed by atoms with E-state index in [1.54, 1.807) is 7.11 Å². The fraction of sp³-hybridized carbons (Fsp3) is 0.667. The Bertz CT molecular complexity index is 487. The van der Waals surface area contributed by atoms with Crippen molar-refractivity contribution in [2.45, 2.75) is 65.4 Å². The number of hydrogen-bond acceptors (Lipinski definition) is 3. The van der Waals surface area contributed by atoms with Crippen LogP contribution in [0, 0.1) is 11.8 Å². The fourth-order valence-corrected chi connectivity index (χ4v) is 3.21. The lowest BCUT2D eigenvalue weighted by Gasteiger charge is -2.23. The van der Waals surface area contributed by atoms with Gasteiger partial charge in [0.05, 0.1) is 12.7 Å². The van der Waals surface area contributed by atoms with E-state index < -0.39 is 6.10 Å². The van der Waals surface area contributed by atoms with Gasteiger partial charge in [0.25, 0.3) is 0 Å². The van der Waals surface area contributed by atoms with Crippen LogP contribution in [0.3, 0.4) is 0 Å². The van der Waals surface area contributed by atoms with Crippen molar-refractivity contribution in [1.29, 1.82) is 0 Å². The third-order valence-corrected chi connectivity index (χ3v) is 4.97. The molecular formula is C21H34O3. The molecular weight excluding hydrogens is 300 g/mol. The quantitative estimate of drug-likeness (QED) is 0.766. The molecule has 0 spiro atoms. The second-order valence-corrected chi connectivity index (χ2v) is 7.24. The number of Topliss-reactive ketones (excluding diaryl/α,β-unsaturated/α-hetero) is 1. The van der Waals surface area contributed by atoms with Crippen molar-refractivity contribution in [1.82, 2.24) is 0 Å². The highest BCUT2D eigenvalue weighted by molar-refractivity contribution is 5.80. The van der Waals surface area contributed by atoms with Gasteiger partial charge >= 0.3 is 0 Å². The lowest BCUT2D eigenvalue weighted by Crippen LogP contribution is -2.21. The van der Waals surface area contributed by atoms with Gasteiger partial charge in [-0.15, -0.1) is 0 Å². The van der Waals surface area contributed by atoms with Crippen LogP contribution in [0.1, 0.15) is 59.3 Å². The zero-order valence-corrected chi connectivity index (χ0v) is 15.8. The van der Waals surface area contributed by atoms with Gasteiger partial charge in [-0.05, 0) is 51.5 Å². The van der Waals surface area contributed by atoms with Crippen molar-refractivity contribution in [2.75, 3.05) is 13.7 Å². The standard InChI is InChI=1S/C21H34O3/c1-15(2)19-11-9-16(3)7-6-8-17(4)20(22)12-10-18(14-24-5)13-21(19)23/h7,13,17,19,21,23H,1,6,8-12,14H2,2-5H3/b16-7+,18-13?/t17?,19-,21+/m1/s1. The molecule has 0 bridgehead atoms. The largest absolute Gasteiger partial charge is 0.388 e. The van der Waals surface area contributed by atoms with Crippen molar-refractivity contribution >= 4 is 5.78 Å². The number of carbonyl (C=O) groups is 1. The normalized spacial score (nSPS) is 30.0. The van der Waals surface area contributed by atoms with E-state index in [1.807, 2.05) is 19.9 Å². The maximum absolute atomic E-state index is 12.3. The van der Waals surface area contributed by atoms with Crippen LogP contribution in [0.25, 0.3) is 0 Å². The highest BCUT2D eigenvalue weighted by atomic mass is 16.5. The number of hydrogen-bond donors (Lipinski definition) is 1. The molecule has 0 saturated heterocycles. The molecule has 0 aromatic rings. The number of methoxy groups -OCH3 is 1.